The Kier molecular flexibility index (Phi) is 5.72. The van der Waals surface area contributed by atoms with Crippen LogP contribution in [0.5, 0.6) is 0 Å². The zero-order valence-electron chi connectivity index (χ0n) is 17.5. The molecule has 1 amide bonds. The van der Waals surface area contributed by atoms with Crippen LogP contribution in [0.3, 0.4) is 0 Å². The lowest BCUT2D eigenvalue weighted by molar-refractivity contribution is -0.116. The van der Waals surface area contributed by atoms with Gasteiger partial charge in [0, 0.05) is 18.1 Å². The Hall–Kier alpha value is -2.74. The number of anilines is 1. The van der Waals surface area contributed by atoms with E-state index in [0.29, 0.717) is 24.1 Å². The molecule has 0 unspecified atom stereocenters. The third-order valence-electron chi connectivity index (χ3n) is 6.38. The number of H-pyrrole nitrogens is 1. The summed E-state index contributed by atoms with van der Waals surface area (Å²) in [4.78, 5) is 33.8. The molecule has 1 fully saturated rings. The van der Waals surface area contributed by atoms with Crippen LogP contribution >= 0.6 is 11.3 Å². The van der Waals surface area contributed by atoms with E-state index in [4.69, 9.17) is 0 Å². The molecule has 0 bridgehead atoms. The van der Waals surface area contributed by atoms with E-state index in [9.17, 15) is 9.59 Å². The minimum Gasteiger partial charge on any atom is -0.310 e. The van der Waals surface area contributed by atoms with Crippen molar-refractivity contribution in [1.82, 2.24) is 19.7 Å². The zero-order valence-corrected chi connectivity index (χ0v) is 18.3. The molecule has 7 nitrogen and oxygen atoms in total. The smallest absolute Gasteiger partial charge is 0.255 e. The van der Waals surface area contributed by atoms with Gasteiger partial charge in [-0.3, -0.25) is 14.6 Å². The van der Waals surface area contributed by atoms with E-state index in [1.165, 1.54) is 32.1 Å². The largest absolute Gasteiger partial charge is 0.310 e. The average Bonchev–Trinajstić information content (AvgIpc) is 3.53. The summed E-state index contributed by atoms with van der Waals surface area (Å²) < 4.78 is 1.56. The molecule has 31 heavy (non-hydrogen) atoms. The van der Waals surface area contributed by atoms with Crippen LogP contribution in [0.1, 0.15) is 62.6 Å². The molecule has 5 rings (SSSR count). The second-order valence-corrected chi connectivity index (χ2v) is 9.51. The normalized spacial score (nSPS) is 16.4. The molecule has 0 saturated heterocycles. The number of carbonyl (C=O) groups is 1. The van der Waals surface area contributed by atoms with Crippen LogP contribution in [0.2, 0.25) is 0 Å². The first-order valence-corrected chi connectivity index (χ1v) is 12.1. The van der Waals surface area contributed by atoms with Crippen molar-refractivity contribution in [3.63, 3.8) is 0 Å². The molecule has 0 radical (unpaired) electrons. The fraction of sp³-hybridized carbons (Fsp3) is 0.478. The molecule has 0 spiro atoms. The number of nitrogens with zero attached hydrogens (tertiary/aromatic N) is 3. The highest BCUT2D eigenvalue weighted by Gasteiger charge is 2.21. The van der Waals surface area contributed by atoms with Gasteiger partial charge in [0.2, 0.25) is 11.9 Å². The summed E-state index contributed by atoms with van der Waals surface area (Å²) in [6.45, 7) is 0. The molecule has 2 aliphatic carbocycles. The second kappa shape index (κ2) is 8.78. The number of nitrogens with one attached hydrogen (secondary N) is 2. The molecule has 2 aliphatic rings. The van der Waals surface area contributed by atoms with Crippen molar-refractivity contribution < 1.29 is 4.79 Å². The van der Waals surface area contributed by atoms with Crippen LogP contribution in [0.25, 0.3) is 16.5 Å². The summed E-state index contributed by atoms with van der Waals surface area (Å²) in [6, 6.07) is 5.82. The predicted molar refractivity (Wildman–Crippen MR) is 122 cm³/mol. The van der Waals surface area contributed by atoms with Gasteiger partial charge in [0.1, 0.15) is 11.5 Å². The second-order valence-electron chi connectivity index (χ2n) is 8.56. The van der Waals surface area contributed by atoms with E-state index >= 15 is 0 Å². The Bertz CT molecular complexity index is 1130. The van der Waals surface area contributed by atoms with Crippen molar-refractivity contribution in [2.45, 2.75) is 64.2 Å². The number of fused-ring (bicyclic) bond motifs is 1. The molecule has 2 N–H and O–H groups in total. The van der Waals surface area contributed by atoms with Gasteiger partial charge in [-0.2, -0.15) is 9.78 Å². The van der Waals surface area contributed by atoms with Gasteiger partial charge < -0.3 is 5.32 Å². The van der Waals surface area contributed by atoms with Crippen LogP contribution in [0.15, 0.2) is 28.4 Å². The fourth-order valence-corrected chi connectivity index (χ4v) is 5.40. The molecule has 8 heteroatoms. The van der Waals surface area contributed by atoms with Gasteiger partial charge in [-0.15, -0.1) is 11.3 Å². The molecular weight excluding hydrogens is 410 g/mol. The highest BCUT2D eigenvalue weighted by atomic mass is 32.1. The number of aromatic nitrogens is 4. The lowest BCUT2D eigenvalue weighted by Crippen LogP contribution is -2.21. The van der Waals surface area contributed by atoms with Crippen LogP contribution in [-0.4, -0.2) is 25.7 Å². The summed E-state index contributed by atoms with van der Waals surface area (Å²) in [5.74, 6) is 1.53. The van der Waals surface area contributed by atoms with Crippen molar-refractivity contribution >= 4 is 23.1 Å². The summed E-state index contributed by atoms with van der Waals surface area (Å²) in [7, 11) is 0. The monoisotopic (exact) mass is 437 g/mol. The van der Waals surface area contributed by atoms with E-state index in [1.54, 1.807) is 16.0 Å². The van der Waals surface area contributed by atoms with Crippen LogP contribution in [0.4, 0.5) is 5.82 Å². The predicted octanol–water partition coefficient (Wildman–Crippen LogP) is 4.47. The molecule has 0 aliphatic heterocycles. The van der Waals surface area contributed by atoms with Crippen LogP contribution < -0.4 is 10.9 Å². The topological polar surface area (TPSA) is 92.7 Å². The van der Waals surface area contributed by atoms with E-state index < -0.39 is 0 Å². The van der Waals surface area contributed by atoms with Gasteiger partial charge in [-0.25, -0.2) is 4.98 Å². The van der Waals surface area contributed by atoms with Crippen molar-refractivity contribution in [3.05, 3.63) is 45.2 Å². The number of rotatable bonds is 6. The molecule has 1 saturated carbocycles. The fourth-order valence-electron chi connectivity index (χ4n) is 4.72. The molecule has 162 valence electrons. The first kappa shape index (κ1) is 20.2. The van der Waals surface area contributed by atoms with Crippen molar-refractivity contribution in [2.24, 2.45) is 5.92 Å². The number of aryl methyl sites for hydroxylation is 1. The number of carbonyl (C=O) groups excluding carboxylic acids is 1. The van der Waals surface area contributed by atoms with Gasteiger partial charge >= 0.3 is 0 Å². The Balaban J connectivity index is 1.41. The Morgan fingerprint density at radius 1 is 1.23 bits per heavy atom. The standard InChI is InChI=1S/C23H27N5O2S/c29-21(12-11-15-6-2-1-3-7-15)25-20-14-18(19-10-5-13-31-19)27-28(20)23-24-17-9-4-8-16(17)22(30)26-23/h5,10,13-15H,1-4,6-9,11-12H2,(H,25,29)(H,24,26,30). The first-order valence-electron chi connectivity index (χ1n) is 11.2. The number of hydrogen-bond acceptors (Lipinski definition) is 5. The van der Waals surface area contributed by atoms with E-state index in [2.05, 4.69) is 20.4 Å². The maximum atomic E-state index is 12.7. The van der Waals surface area contributed by atoms with Gasteiger partial charge in [-0.1, -0.05) is 38.2 Å². The highest BCUT2D eigenvalue weighted by Crippen LogP contribution is 2.29. The lowest BCUT2D eigenvalue weighted by Gasteiger charge is -2.21. The number of hydrogen-bond donors (Lipinski definition) is 2. The molecule has 0 atom stereocenters. The highest BCUT2D eigenvalue weighted by molar-refractivity contribution is 7.13. The molecule has 3 aromatic rings. The lowest BCUT2D eigenvalue weighted by atomic mass is 9.86. The summed E-state index contributed by atoms with van der Waals surface area (Å²) >= 11 is 1.58. The SMILES string of the molecule is O=C(CCC1CCCCC1)Nc1cc(-c2cccs2)nn1-c1nc2c(c(=O)[nH]1)CCC2. The quantitative estimate of drug-likeness (QED) is 0.595. The maximum Gasteiger partial charge on any atom is 0.255 e. The molecule has 3 heterocycles. The van der Waals surface area contributed by atoms with Gasteiger partial charge in [-0.05, 0) is 43.0 Å². The molecule has 0 aromatic carbocycles. The minimum atomic E-state index is -0.111. The third-order valence-corrected chi connectivity index (χ3v) is 7.28. The van der Waals surface area contributed by atoms with Crippen LogP contribution in [-0.2, 0) is 17.6 Å². The summed E-state index contributed by atoms with van der Waals surface area (Å²) in [6.07, 6.45) is 10.3. The summed E-state index contributed by atoms with van der Waals surface area (Å²) in [5.41, 5.74) is 2.25. The first-order chi connectivity index (χ1) is 15.2. The molecule has 3 aromatic heterocycles. The Morgan fingerprint density at radius 2 is 2.10 bits per heavy atom. The Morgan fingerprint density at radius 3 is 2.90 bits per heavy atom. The number of amides is 1. The summed E-state index contributed by atoms with van der Waals surface area (Å²) in [5, 5.41) is 9.69. The van der Waals surface area contributed by atoms with E-state index in [0.717, 1.165) is 47.5 Å². The van der Waals surface area contributed by atoms with Gasteiger partial charge in [0.05, 0.1) is 10.6 Å². The Labute approximate surface area is 184 Å². The number of aromatic amines is 1. The zero-order chi connectivity index (χ0) is 21.2. The van der Waals surface area contributed by atoms with Crippen molar-refractivity contribution in [1.29, 1.82) is 0 Å². The van der Waals surface area contributed by atoms with E-state index in [1.807, 2.05) is 23.6 Å². The minimum absolute atomic E-state index is 0.0204. The molecular formula is C23H27N5O2S. The van der Waals surface area contributed by atoms with Gasteiger partial charge in [0.25, 0.3) is 5.56 Å². The van der Waals surface area contributed by atoms with Crippen molar-refractivity contribution in [2.75, 3.05) is 5.32 Å². The third kappa shape index (κ3) is 4.35. The maximum absolute atomic E-state index is 12.7. The van der Waals surface area contributed by atoms with E-state index in [-0.39, 0.29) is 11.5 Å². The van der Waals surface area contributed by atoms with Gasteiger partial charge in [0.15, 0.2) is 0 Å². The van der Waals surface area contributed by atoms with Crippen molar-refractivity contribution in [3.8, 4) is 16.5 Å². The van der Waals surface area contributed by atoms with Crippen LogP contribution in [0, 0.1) is 5.92 Å². The number of thiophene rings is 1. The average molecular weight is 438 g/mol.